The standard InChI is InChI=1S/C18H11N5O2S/c24-18(14-8-4-10-26-14)21-16-17-20-15(13-7-3-9-25-13)22-23(17)12-6-2-1-5-11(12)19-16/h1-10H,(H,19,21,24). The normalized spacial score (nSPS) is 11.2. The van der Waals surface area contributed by atoms with Crippen molar-refractivity contribution in [3.8, 4) is 11.6 Å². The van der Waals surface area contributed by atoms with Gasteiger partial charge in [-0.2, -0.15) is 0 Å². The van der Waals surface area contributed by atoms with E-state index in [-0.39, 0.29) is 5.91 Å². The highest BCUT2D eigenvalue weighted by molar-refractivity contribution is 7.12. The number of hydrogen-bond acceptors (Lipinski definition) is 6. The van der Waals surface area contributed by atoms with Crippen molar-refractivity contribution >= 4 is 39.7 Å². The fraction of sp³-hybridized carbons (Fsp3) is 0. The van der Waals surface area contributed by atoms with Crippen molar-refractivity contribution in [2.24, 2.45) is 0 Å². The van der Waals surface area contributed by atoms with E-state index in [2.05, 4.69) is 20.4 Å². The number of fused-ring (bicyclic) bond motifs is 3. The van der Waals surface area contributed by atoms with Crippen molar-refractivity contribution in [3.63, 3.8) is 0 Å². The quantitative estimate of drug-likeness (QED) is 0.527. The molecule has 1 aromatic carbocycles. The van der Waals surface area contributed by atoms with E-state index in [0.717, 1.165) is 5.52 Å². The molecule has 0 aliphatic rings. The number of nitrogens with zero attached hydrogens (tertiary/aromatic N) is 4. The molecule has 0 unspecified atom stereocenters. The molecule has 7 nitrogen and oxygen atoms in total. The monoisotopic (exact) mass is 361 g/mol. The third kappa shape index (κ3) is 2.35. The highest BCUT2D eigenvalue weighted by atomic mass is 32.1. The molecule has 126 valence electrons. The van der Waals surface area contributed by atoms with Crippen LogP contribution in [0.1, 0.15) is 9.67 Å². The van der Waals surface area contributed by atoms with E-state index in [4.69, 9.17) is 4.42 Å². The Morgan fingerprint density at radius 3 is 2.81 bits per heavy atom. The summed E-state index contributed by atoms with van der Waals surface area (Å²) in [5.74, 6) is 1.10. The van der Waals surface area contributed by atoms with Gasteiger partial charge in [-0.25, -0.2) is 14.5 Å². The molecule has 1 N–H and O–H groups in total. The number of aromatic nitrogens is 4. The molecular formula is C18H11N5O2S. The van der Waals surface area contributed by atoms with Crippen molar-refractivity contribution in [1.82, 2.24) is 19.6 Å². The molecule has 0 radical (unpaired) electrons. The summed E-state index contributed by atoms with van der Waals surface area (Å²) >= 11 is 1.36. The van der Waals surface area contributed by atoms with Crippen LogP contribution >= 0.6 is 11.3 Å². The van der Waals surface area contributed by atoms with E-state index in [1.807, 2.05) is 35.7 Å². The molecule has 0 bridgehead atoms. The van der Waals surface area contributed by atoms with Crippen LogP contribution < -0.4 is 5.32 Å². The van der Waals surface area contributed by atoms with Crippen LogP contribution in [0.4, 0.5) is 5.82 Å². The van der Waals surface area contributed by atoms with Crippen molar-refractivity contribution in [3.05, 3.63) is 65.1 Å². The number of carbonyl (C=O) groups excluding carboxylic acids is 1. The summed E-state index contributed by atoms with van der Waals surface area (Å²) in [6.45, 7) is 0. The highest BCUT2D eigenvalue weighted by Gasteiger charge is 2.18. The molecule has 0 saturated heterocycles. The van der Waals surface area contributed by atoms with Gasteiger partial charge in [0.1, 0.15) is 0 Å². The number of rotatable bonds is 3. The molecule has 26 heavy (non-hydrogen) atoms. The Labute approximate surface area is 150 Å². The number of furan rings is 1. The van der Waals surface area contributed by atoms with Gasteiger partial charge in [0.25, 0.3) is 5.91 Å². The number of thiophene rings is 1. The molecule has 0 saturated carbocycles. The predicted octanol–water partition coefficient (Wildman–Crippen LogP) is 3.85. The molecule has 0 spiro atoms. The van der Waals surface area contributed by atoms with E-state index >= 15 is 0 Å². The first kappa shape index (κ1) is 14.8. The Kier molecular flexibility index (Phi) is 3.29. The Balaban J connectivity index is 1.71. The second-order valence-corrected chi connectivity index (χ2v) is 6.48. The molecule has 0 aliphatic heterocycles. The summed E-state index contributed by atoms with van der Waals surface area (Å²) in [5.41, 5.74) is 1.96. The van der Waals surface area contributed by atoms with Gasteiger partial charge in [-0.15, -0.1) is 16.4 Å². The Morgan fingerprint density at radius 1 is 1.08 bits per heavy atom. The maximum absolute atomic E-state index is 12.5. The average Bonchev–Trinajstić information content (AvgIpc) is 3.42. The summed E-state index contributed by atoms with van der Waals surface area (Å²) in [6.07, 6.45) is 1.57. The fourth-order valence-corrected chi connectivity index (χ4v) is 3.33. The molecular weight excluding hydrogens is 350 g/mol. The van der Waals surface area contributed by atoms with Gasteiger partial charge in [0.05, 0.1) is 22.2 Å². The maximum atomic E-state index is 12.5. The van der Waals surface area contributed by atoms with Crippen LogP contribution in [0.25, 0.3) is 28.3 Å². The minimum atomic E-state index is -0.229. The summed E-state index contributed by atoms with van der Waals surface area (Å²) in [6, 6.07) is 14.7. The second kappa shape index (κ2) is 5.78. The number of benzene rings is 1. The molecule has 0 fully saturated rings. The zero-order valence-corrected chi connectivity index (χ0v) is 14.1. The first-order valence-electron chi connectivity index (χ1n) is 7.84. The minimum Gasteiger partial charge on any atom is -0.461 e. The Morgan fingerprint density at radius 2 is 2.00 bits per heavy atom. The molecule has 4 aromatic heterocycles. The van der Waals surface area contributed by atoms with Gasteiger partial charge in [0.2, 0.25) is 5.82 Å². The first-order chi connectivity index (χ1) is 12.8. The van der Waals surface area contributed by atoms with E-state index in [0.29, 0.717) is 33.4 Å². The second-order valence-electron chi connectivity index (χ2n) is 5.53. The lowest BCUT2D eigenvalue weighted by Crippen LogP contribution is -2.13. The Hall–Kier alpha value is -3.52. The maximum Gasteiger partial charge on any atom is 0.266 e. The van der Waals surface area contributed by atoms with Crippen LogP contribution in [0.2, 0.25) is 0 Å². The fourth-order valence-electron chi connectivity index (χ4n) is 2.71. The van der Waals surface area contributed by atoms with Crippen molar-refractivity contribution < 1.29 is 9.21 Å². The van der Waals surface area contributed by atoms with Crippen molar-refractivity contribution in [1.29, 1.82) is 0 Å². The van der Waals surface area contributed by atoms with Gasteiger partial charge in [-0.3, -0.25) is 4.79 Å². The van der Waals surface area contributed by atoms with Crippen LogP contribution in [0.5, 0.6) is 0 Å². The Bertz CT molecular complexity index is 1230. The van der Waals surface area contributed by atoms with Crippen LogP contribution in [0, 0.1) is 0 Å². The van der Waals surface area contributed by atoms with Gasteiger partial charge in [0, 0.05) is 0 Å². The van der Waals surface area contributed by atoms with Gasteiger partial charge in [0.15, 0.2) is 17.2 Å². The zero-order valence-electron chi connectivity index (χ0n) is 13.3. The van der Waals surface area contributed by atoms with Crippen LogP contribution in [0.15, 0.2) is 64.6 Å². The average molecular weight is 361 g/mol. The molecule has 0 aliphatic carbocycles. The number of nitrogens with one attached hydrogen (secondary N) is 1. The molecule has 0 atom stereocenters. The molecule has 5 rings (SSSR count). The summed E-state index contributed by atoms with van der Waals surface area (Å²) in [5, 5.41) is 9.23. The number of para-hydroxylation sites is 2. The molecule has 8 heteroatoms. The zero-order chi connectivity index (χ0) is 17.5. The summed E-state index contributed by atoms with van der Waals surface area (Å²) in [4.78, 5) is 22.2. The van der Waals surface area contributed by atoms with Crippen molar-refractivity contribution in [2.45, 2.75) is 0 Å². The lowest BCUT2D eigenvalue weighted by Gasteiger charge is -2.06. The van der Waals surface area contributed by atoms with E-state index in [1.54, 1.807) is 29.0 Å². The molecule has 5 aromatic rings. The molecule has 4 heterocycles. The SMILES string of the molecule is O=C(Nc1nc2ccccc2n2nc(-c3ccco3)nc12)c1cccs1. The lowest BCUT2D eigenvalue weighted by atomic mass is 10.3. The van der Waals surface area contributed by atoms with E-state index in [9.17, 15) is 4.79 Å². The predicted molar refractivity (Wildman–Crippen MR) is 98.3 cm³/mol. The van der Waals surface area contributed by atoms with Gasteiger partial charge >= 0.3 is 0 Å². The lowest BCUT2D eigenvalue weighted by molar-refractivity contribution is 0.103. The number of hydrogen-bond donors (Lipinski definition) is 1. The first-order valence-corrected chi connectivity index (χ1v) is 8.72. The number of carbonyl (C=O) groups is 1. The van der Waals surface area contributed by atoms with E-state index in [1.165, 1.54) is 11.3 Å². The van der Waals surface area contributed by atoms with Crippen LogP contribution in [-0.4, -0.2) is 25.5 Å². The minimum absolute atomic E-state index is 0.229. The highest BCUT2D eigenvalue weighted by Crippen LogP contribution is 2.24. The van der Waals surface area contributed by atoms with Crippen LogP contribution in [0.3, 0.4) is 0 Å². The van der Waals surface area contributed by atoms with Gasteiger partial charge in [-0.1, -0.05) is 18.2 Å². The summed E-state index contributed by atoms with van der Waals surface area (Å²) in [7, 11) is 0. The van der Waals surface area contributed by atoms with Gasteiger partial charge < -0.3 is 9.73 Å². The topological polar surface area (TPSA) is 85.3 Å². The number of anilines is 1. The third-order valence-corrected chi connectivity index (χ3v) is 4.75. The molecule has 1 amide bonds. The number of amides is 1. The van der Waals surface area contributed by atoms with Gasteiger partial charge in [-0.05, 0) is 35.7 Å². The third-order valence-electron chi connectivity index (χ3n) is 3.88. The van der Waals surface area contributed by atoms with E-state index < -0.39 is 0 Å². The van der Waals surface area contributed by atoms with Crippen LogP contribution in [-0.2, 0) is 0 Å². The van der Waals surface area contributed by atoms with Crippen molar-refractivity contribution in [2.75, 3.05) is 5.32 Å². The summed E-state index contributed by atoms with van der Waals surface area (Å²) < 4.78 is 7.07. The largest absolute Gasteiger partial charge is 0.461 e. The smallest absolute Gasteiger partial charge is 0.266 e.